The molecular formula is C19H16B2F2N2O8. The number of nitrogens with one attached hydrogen (secondary N) is 2. The zero-order chi connectivity index (χ0) is 23.9. The van der Waals surface area contributed by atoms with Gasteiger partial charge in [-0.15, -0.1) is 0 Å². The van der Waals surface area contributed by atoms with E-state index >= 15 is 0 Å². The maximum absolute atomic E-state index is 14.3. The van der Waals surface area contributed by atoms with Crippen molar-refractivity contribution in [2.75, 3.05) is 6.54 Å². The molecule has 0 fully saturated rings. The quantitative estimate of drug-likeness (QED) is 0.311. The summed E-state index contributed by atoms with van der Waals surface area (Å²) in [7, 11) is -2.66. The van der Waals surface area contributed by atoms with Crippen LogP contribution < -0.4 is 21.6 Å². The van der Waals surface area contributed by atoms with Crippen molar-refractivity contribution in [2.45, 2.75) is 19.3 Å². The number of hydrogen-bond donors (Lipinski definition) is 5. The summed E-state index contributed by atoms with van der Waals surface area (Å²) < 4.78 is 38.5. The fraction of sp³-hybridized carbons (Fsp3) is 0.211. The highest BCUT2D eigenvalue weighted by atomic mass is 19.1. The van der Waals surface area contributed by atoms with E-state index in [-0.39, 0.29) is 24.1 Å². The summed E-state index contributed by atoms with van der Waals surface area (Å²) in [5.41, 5.74) is 0.148. The molecule has 0 saturated carbocycles. The van der Waals surface area contributed by atoms with Gasteiger partial charge in [0.15, 0.2) is 0 Å². The van der Waals surface area contributed by atoms with Crippen LogP contribution in [0.1, 0.15) is 31.8 Å². The van der Waals surface area contributed by atoms with Gasteiger partial charge in [0.1, 0.15) is 17.7 Å². The van der Waals surface area contributed by atoms with Crippen LogP contribution in [0.25, 0.3) is 0 Å². The number of carboxylic acid groups (broad SMARTS) is 1. The molecule has 1 atom stereocenters. The third-order valence-electron chi connectivity index (χ3n) is 5.34. The van der Waals surface area contributed by atoms with Gasteiger partial charge in [0, 0.05) is 6.54 Å². The van der Waals surface area contributed by atoms with Crippen molar-refractivity contribution in [3.8, 4) is 0 Å². The second-order valence-electron chi connectivity index (χ2n) is 7.46. The number of aliphatic carboxylic acids is 1. The number of fused-ring (bicyclic) bond motifs is 2. The third kappa shape index (κ3) is 4.46. The van der Waals surface area contributed by atoms with E-state index in [9.17, 15) is 38.3 Å². The van der Waals surface area contributed by atoms with Crippen LogP contribution in [0.2, 0.25) is 0 Å². The minimum Gasteiger partial charge on any atom is -0.480 e. The summed E-state index contributed by atoms with van der Waals surface area (Å²) in [5, 5.41) is 33.1. The first-order valence-electron chi connectivity index (χ1n) is 9.71. The molecule has 33 heavy (non-hydrogen) atoms. The van der Waals surface area contributed by atoms with Crippen LogP contribution in [0.3, 0.4) is 0 Å². The fourth-order valence-corrected chi connectivity index (χ4v) is 3.56. The monoisotopic (exact) mass is 460 g/mol. The maximum atomic E-state index is 14.3. The number of carbonyl (C=O) groups excluding carboxylic acids is 2. The first kappa shape index (κ1) is 22.9. The Morgan fingerprint density at radius 3 is 1.88 bits per heavy atom. The second kappa shape index (κ2) is 8.90. The normalized spacial score (nSPS) is 15.2. The van der Waals surface area contributed by atoms with Crippen LogP contribution in [0, 0.1) is 11.6 Å². The Bertz CT molecular complexity index is 1170. The lowest BCUT2D eigenvalue weighted by Crippen LogP contribution is -2.49. The van der Waals surface area contributed by atoms with Crippen molar-refractivity contribution in [3.05, 3.63) is 58.2 Å². The predicted molar refractivity (Wildman–Crippen MR) is 109 cm³/mol. The van der Waals surface area contributed by atoms with Crippen molar-refractivity contribution in [1.29, 1.82) is 0 Å². The Kier molecular flexibility index (Phi) is 6.17. The molecule has 2 amide bonds. The molecule has 2 aliphatic rings. The highest BCUT2D eigenvalue weighted by Gasteiger charge is 2.32. The van der Waals surface area contributed by atoms with Gasteiger partial charge < -0.3 is 35.1 Å². The molecule has 0 spiro atoms. The number of carboxylic acids is 1. The van der Waals surface area contributed by atoms with E-state index in [2.05, 4.69) is 10.6 Å². The molecule has 0 radical (unpaired) electrons. The lowest BCUT2D eigenvalue weighted by atomic mass is 9.78. The van der Waals surface area contributed by atoms with E-state index in [0.29, 0.717) is 11.1 Å². The number of halogens is 2. The van der Waals surface area contributed by atoms with E-state index in [4.69, 9.17) is 9.31 Å². The molecule has 2 aromatic carbocycles. The van der Waals surface area contributed by atoms with Crippen molar-refractivity contribution >= 4 is 42.9 Å². The van der Waals surface area contributed by atoms with Crippen LogP contribution in [0.5, 0.6) is 0 Å². The smallest absolute Gasteiger partial charge is 0.480 e. The molecule has 0 saturated heterocycles. The average Bonchev–Trinajstić information content (AvgIpc) is 3.30. The first-order valence-corrected chi connectivity index (χ1v) is 9.71. The Morgan fingerprint density at radius 1 is 0.909 bits per heavy atom. The van der Waals surface area contributed by atoms with Crippen LogP contribution >= 0.6 is 0 Å². The SMILES string of the molecule is O=C(NC[C@H](NC(=O)c1cc2c(cc1F)COB2O)C(=O)O)c1cc2c(cc1F)COB2O. The summed E-state index contributed by atoms with van der Waals surface area (Å²) in [6.07, 6.45) is 0. The minimum absolute atomic E-state index is 0.0230. The van der Waals surface area contributed by atoms with Crippen LogP contribution in [0.4, 0.5) is 8.78 Å². The highest BCUT2D eigenvalue weighted by molar-refractivity contribution is 6.62. The molecule has 14 heteroatoms. The van der Waals surface area contributed by atoms with E-state index in [1.165, 1.54) is 0 Å². The van der Waals surface area contributed by atoms with Crippen molar-refractivity contribution in [1.82, 2.24) is 10.6 Å². The molecule has 2 aliphatic heterocycles. The number of carbonyl (C=O) groups is 3. The van der Waals surface area contributed by atoms with Gasteiger partial charge in [-0.3, -0.25) is 9.59 Å². The van der Waals surface area contributed by atoms with Gasteiger partial charge in [0.2, 0.25) is 0 Å². The minimum atomic E-state index is -1.68. The standard InChI is InChI=1S/C19H16B2F2N2O8/c22-14-1-8-6-32-20(30)12(8)3-10(14)17(26)24-5-16(19(28)29)25-18(27)11-4-13-9(2-15(11)23)7-33-21(13)31/h1-4,16,30-31H,5-7H2,(H,24,26)(H,25,27)(H,28,29)/t16-/m0/s1. The average molecular weight is 460 g/mol. The number of benzene rings is 2. The Labute approximate surface area is 185 Å². The van der Waals surface area contributed by atoms with Crippen molar-refractivity contribution < 1.29 is 47.6 Å². The molecule has 4 rings (SSSR count). The largest absolute Gasteiger partial charge is 0.491 e. The predicted octanol–water partition coefficient (Wildman–Crippen LogP) is -1.99. The van der Waals surface area contributed by atoms with Crippen molar-refractivity contribution in [3.63, 3.8) is 0 Å². The summed E-state index contributed by atoms with van der Waals surface area (Å²) in [4.78, 5) is 36.4. The molecule has 2 heterocycles. The van der Waals surface area contributed by atoms with Gasteiger partial charge in [0.25, 0.3) is 11.8 Å². The van der Waals surface area contributed by atoms with Crippen molar-refractivity contribution in [2.24, 2.45) is 0 Å². The highest BCUT2D eigenvalue weighted by Crippen LogP contribution is 2.17. The van der Waals surface area contributed by atoms with Crippen LogP contribution in [-0.4, -0.2) is 59.8 Å². The van der Waals surface area contributed by atoms with Crippen LogP contribution in [0.15, 0.2) is 24.3 Å². The summed E-state index contributed by atoms with van der Waals surface area (Å²) >= 11 is 0. The number of hydrogen-bond acceptors (Lipinski definition) is 7. The topological polar surface area (TPSA) is 154 Å². The van der Waals surface area contributed by atoms with Gasteiger partial charge in [-0.05, 0) is 46.3 Å². The lowest BCUT2D eigenvalue weighted by molar-refractivity contribution is -0.139. The van der Waals surface area contributed by atoms with E-state index in [1.807, 2.05) is 0 Å². The third-order valence-corrected chi connectivity index (χ3v) is 5.34. The van der Waals surface area contributed by atoms with Gasteiger partial charge in [-0.2, -0.15) is 0 Å². The molecule has 2 aromatic rings. The van der Waals surface area contributed by atoms with Gasteiger partial charge in [-0.25, -0.2) is 13.6 Å². The fourth-order valence-electron chi connectivity index (χ4n) is 3.56. The van der Waals surface area contributed by atoms with Crippen LogP contribution in [-0.2, 0) is 27.3 Å². The zero-order valence-electron chi connectivity index (χ0n) is 16.8. The molecule has 5 N–H and O–H groups in total. The molecule has 170 valence electrons. The van der Waals surface area contributed by atoms with Gasteiger partial charge in [-0.1, -0.05) is 0 Å². The van der Waals surface area contributed by atoms with Gasteiger partial charge >= 0.3 is 20.2 Å². The number of rotatable bonds is 6. The Balaban J connectivity index is 1.46. The molecular weight excluding hydrogens is 444 g/mol. The number of amides is 2. The Hall–Kier alpha value is -3.32. The maximum Gasteiger partial charge on any atom is 0.491 e. The zero-order valence-corrected chi connectivity index (χ0v) is 16.8. The van der Waals surface area contributed by atoms with Gasteiger partial charge in [0.05, 0.1) is 24.3 Å². The molecule has 0 bridgehead atoms. The lowest BCUT2D eigenvalue weighted by Gasteiger charge is -2.16. The van der Waals surface area contributed by atoms with E-state index < -0.39 is 67.4 Å². The van der Waals surface area contributed by atoms with E-state index in [0.717, 1.165) is 24.3 Å². The summed E-state index contributed by atoms with van der Waals surface area (Å²) in [5.74, 6) is -5.47. The van der Waals surface area contributed by atoms with E-state index in [1.54, 1.807) is 0 Å². The summed E-state index contributed by atoms with van der Waals surface area (Å²) in [6.45, 7) is -0.708. The molecule has 10 nitrogen and oxygen atoms in total. The second-order valence-corrected chi connectivity index (χ2v) is 7.46. The Morgan fingerprint density at radius 2 is 1.39 bits per heavy atom. The first-order chi connectivity index (χ1) is 15.7. The molecule has 0 aliphatic carbocycles. The summed E-state index contributed by atoms with van der Waals surface area (Å²) in [6, 6.07) is 2.52. The molecule has 0 unspecified atom stereocenters. The molecule has 0 aromatic heterocycles.